The highest BCUT2D eigenvalue weighted by Crippen LogP contribution is 2.26. The maximum absolute atomic E-state index is 13.0. The van der Waals surface area contributed by atoms with E-state index in [-0.39, 0.29) is 17.8 Å². The van der Waals surface area contributed by atoms with Gasteiger partial charge in [0.05, 0.1) is 24.8 Å². The Morgan fingerprint density at radius 2 is 2.12 bits per heavy atom. The summed E-state index contributed by atoms with van der Waals surface area (Å²) < 4.78 is 13.0. The van der Waals surface area contributed by atoms with Gasteiger partial charge in [0.15, 0.2) is 0 Å². The summed E-state index contributed by atoms with van der Waals surface area (Å²) in [6, 6.07) is 5.64. The van der Waals surface area contributed by atoms with E-state index in [2.05, 4.69) is 4.99 Å². The third-order valence-corrected chi connectivity index (χ3v) is 3.98. The van der Waals surface area contributed by atoms with E-state index in [1.807, 2.05) is 0 Å². The highest BCUT2D eigenvalue weighted by atomic mass is 19.1. The molecule has 2 N–H and O–H groups in total. The molecule has 6 nitrogen and oxygen atoms in total. The average Bonchev–Trinajstić information content (AvgIpc) is 2.63. The van der Waals surface area contributed by atoms with Crippen LogP contribution in [0, 0.1) is 11.7 Å². The van der Waals surface area contributed by atoms with Crippen molar-refractivity contribution in [2.24, 2.45) is 10.9 Å². The number of benzene rings is 1. The van der Waals surface area contributed by atoms with Crippen LogP contribution in [0.1, 0.15) is 5.56 Å². The zero-order chi connectivity index (χ0) is 17.8. The van der Waals surface area contributed by atoms with Crippen LogP contribution < -0.4 is 5.48 Å². The number of rotatable bonds is 4. The number of amides is 2. The van der Waals surface area contributed by atoms with Gasteiger partial charge in [-0.15, -0.1) is 0 Å². The Balaban J connectivity index is 1.72. The maximum atomic E-state index is 13.0. The molecular formula is C18H16FN3O3. The molecule has 0 fully saturated rings. The normalized spacial score (nSPS) is 22.1. The average molecular weight is 341 g/mol. The molecule has 0 spiro atoms. The number of carbonyl (C=O) groups excluding carboxylic acids is 2. The van der Waals surface area contributed by atoms with Crippen molar-refractivity contribution >= 4 is 18.2 Å². The number of hydrogen-bond acceptors (Lipinski definition) is 4. The minimum absolute atomic E-state index is 0.0899. The molecule has 1 aromatic rings. The molecule has 25 heavy (non-hydrogen) atoms. The molecule has 3 rings (SSSR count). The van der Waals surface area contributed by atoms with E-state index in [4.69, 9.17) is 5.21 Å². The van der Waals surface area contributed by atoms with E-state index < -0.39 is 11.8 Å². The third kappa shape index (κ3) is 3.89. The van der Waals surface area contributed by atoms with Crippen molar-refractivity contribution < 1.29 is 19.2 Å². The number of aliphatic imine (C=N–C) groups is 1. The SMILES string of the molecule is O=C(/C=C/C1=CC2N=CN(Cc3ccc(F)cc3)C(=O)C2C=C1)NO. The van der Waals surface area contributed by atoms with E-state index in [9.17, 15) is 14.0 Å². The zero-order valence-corrected chi connectivity index (χ0v) is 13.2. The topological polar surface area (TPSA) is 82.0 Å². The molecule has 7 heteroatoms. The van der Waals surface area contributed by atoms with Crippen LogP contribution in [0.3, 0.4) is 0 Å². The minimum Gasteiger partial charge on any atom is -0.298 e. The van der Waals surface area contributed by atoms with Gasteiger partial charge < -0.3 is 0 Å². The standard InChI is InChI=1S/C18H16FN3O3/c19-14-5-1-13(2-6-14)10-22-11-20-16-9-12(4-8-17(23)21-25)3-7-15(16)18(22)24/h1-9,11,15-16,25H,10H2,(H,21,23)/b8-4+. The lowest BCUT2D eigenvalue weighted by atomic mass is 9.89. The van der Waals surface area contributed by atoms with Crippen LogP contribution in [0.2, 0.25) is 0 Å². The van der Waals surface area contributed by atoms with Crippen LogP contribution in [-0.4, -0.2) is 34.3 Å². The molecule has 0 saturated heterocycles. The Hall–Kier alpha value is -3.06. The van der Waals surface area contributed by atoms with Crippen LogP contribution in [-0.2, 0) is 16.1 Å². The number of nitrogens with zero attached hydrogens (tertiary/aromatic N) is 2. The summed E-state index contributed by atoms with van der Waals surface area (Å²) in [5.74, 6) is -1.45. The first-order valence-electron chi connectivity index (χ1n) is 7.67. The quantitative estimate of drug-likeness (QED) is 0.497. The summed E-state index contributed by atoms with van der Waals surface area (Å²) in [6.45, 7) is 0.326. The monoisotopic (exact) mass is 341 g/mol. The maximum Gasteiger partial charge on any atom is 0.267 e. The number of hydrogen-bond donors (Lipinski definition) is 2. The number of allylic oxidation sites excluding steroid dienone is 3. The van der Waals surface area contributed by atoms with Crippen LogP contribution in [0.5, 0.6) is 0 Å². The van der Waals surface area contributed by atoms with Gasteiger partial charge in [-0.25, -0.2) is 9.87 Å². The lowest BCUT2D eigenvalue weighted by Gasteiger charge is -2.31. The largest absolute Gasteiger partial charge is 0.298 e. The molecule has 0 bridgehead atoms. The molecule has 0 radical (unpaired) electrons. The molecule has 128 valence electrons. The van der Waals surface area contributed by atoms with E-state index in [0.29, 0.717) is 6.54 Å². The van der Waals surface area contributed by atoms with Crippen LogP contribution in [0.25, 0.3) is 0 Å². The first-order valence-corrected chi connectivity index (χ1v) is 7.67. The van der Waals surface area contributed by atoms with E-state index >= 15 is 0 Å². The zero-order valence-electron chi connectivity index (χ0n) is 13.2. The summed E-state index contributed by atoms with van der Waals surface area (Å²) in [4.78, 5) is 29.5. The fourth-order valence-corrected chi connectivity index (χ4v) is 2.68. The minimum atomic E-state index is -0.634. The Bertz CT molecular complexity index is 796. The lowest BCUT2D eigenvalue weighted by Crippen LogP contribution is -2.43. The van der Waals surface area contributed by atoms with E-state index in [1.54, 1.807) is 30.4 Å². The first-order chi connectivity index (χ1) is 12.1. The summed E-state index contributed by atoms with van der Waals surface area (Å²) >= 11 is 0. The van der Waals surface area contributed by atoms with Crippen molar-refractivity contribution in [2.45, 2.75) is 12.6 Å². The second-order valence-electron chi connectivity index (χ2n) is 5.71. The van der Waals surface area contributed by atoms with Crippen LogP contribution in [0.15, 0.2) is 65.2 Å². The van der Waals surface area contributed by atoms with Crippen molar-refractivity contribution in [2.75, 3.05) is 0 Å². The molecular weight excluding hydrogens is 325 g/mol. The Kier molecular flexibility index (Phi) is 4.85. The molecule has 0 saturated carbocycles. The van der Waals surface area contributed by atoms with Gasteiger partial charge in [0, 0.05) is 6.08 Å². The van der Waals surface area contributed by atoms with Crippen molar-refractivity contribution in [3.8, 4) is 0 Å². The molecule has 2 atom stereocenters. The smallest absolute Gasteiger partial charge is 0.267 e. The number of halogens is 1. The van der Waals surface area contributed by atoms with Gasteiger partial charge in [-0.05, 0) is 29.3 Å². The van der Waals surface area contributed by atoms with Crippen molar-refractivity contribution in [1.29, 1.82) is 0 Å². The highest BCUT2D eigenvalue weighted by Gasteiger charge is 2.33. The van der Waals surface area contributed by atoms with E-state index in [0.717, 1.165) is 11.1 Å². The Labute approximate surface area is 143 Å². The second-order valence-corrected chi connectivity index (χ2v) is 5.71. The molecule has 2 aliphatic rings. The molecule has 1 aliphatic carbocycles. The van der Waals surface area contributed by atoms with Crippen molar-refractivity contribution in [3.05, 3.63) is 71.6 Å². The summed E-state index contributed by atoms with van der Waals surface area (Å²) in [6.07, 6.45) is 9.48. The fourth-order valence-electron chi connectivity index (χ4n) is 2.68. The molecule has 0 aromatic heterocycles. The van der Waals surface area contributed by atoms with Gasteiger partial charge in [-0.2, -0.15) is 0 Å². The van der Waals surface area contributed by atoms with Gasteiger partial charge in [0.2, 0.25) is 5.91 Å². The first kappa shape index (κ1) is 16.8. The summed E-state index contributed by atoms with van der Waals surface area (Å²) in [7, 11) is 0. The van der Waals surface area contributed by atoms with Gasteiger partial charge in [0.1, 0.15) is 5.82 Å². The van der Waals surface area contributed by atoms with E-state index in [1.165, 1.54) is 41.0 Å². The molecule has 2 unspecified atom stereocenters. The predicted octanol–water partition coefficient (Wildman–Crippen LogP) is 1.74. The number of fused-ring (bicyclic) bond motifs is 1. The molecule has 1 heterocycles. The third-order valence-electron chi connectivity index (χ3n) is 3.98. The summed E-state index contributed by atoms with van der Waals surface area (Å²) in [5.41, 5.74) is 3.05. The Morgan fingerprint density at radius 1 is 1.36 bits per heavy atom. The highest BCUT2D eigenvalue weighted by molar-refractivity contribution is 5.94. The molecule has 2 amide bonds. The number of hydroxylamine groups is 1. The van der Waals surface area contributed by atoms with Gasteiger partial charge in [-0.1, -0.05) is 30.4 Å². The molecule has 1 aromatic carbocycles. The lowest BCUT2D eigenvalue weighted by molar-refractivity contribution is -0.131. The summed E-state index contributed by atoms with van der Waals surface area (Å²) in [5, 5.41) is 8.47. The molecule has 1 aliphatic heterocycles. The second kappa shape index (κ2) is 7.23. The number of carbonyl (C=O) groups is 2. The Morgan fingerprint density at radius 3 is 2.84 bits per heavy atom. The van der Waals surface area contributed by atoms with Gasteiger partial charge in [0.25, 0.3) is 5.91 Å². The van der Waals surface area contributed by atoms with Gasteiger partial charge >= 0.3 is 0 Å². The predicted molar refractivity (Wildman–Crippen MR) is 89.0 cm³/mol. The van der Waals surface area contributed by atoms with Crippen LogP contribution >= 0.6 is 0 Å². The number of nitrogens with one attached hydrogen (secondary N) is 1. The van der Waals surface area contributed by atoms with Gasteiger partial charge in [-0.3, -0.25) is 24.7 Å². The van der Waals surface area contributed by atoms with Crippen molar-refractivity contribution in [1.82, 2.24) is 10.4 Å². The van der Waals surface area contributed by atoms with Crippen LogP contribution in [0.4, 0.5) is 4.39 Å². The van der Waals surface area contributed by atoms with Crippen molar-refractivity contribution in [3.63, 3.8) is 0 Å². The fraction of sp³-hybridized carbons (Fsp3) is 0.167.